The lowest BCUT2D eigenvalue weighted by Crippen LogP contribution is -2.36. The van der Waals surface area contributed by atoms with Crippen molar-refractivity contribution in [2.75, 3.05) is 0 Å². The summed E-state index contributed by atoms with van der Waals surface area (Å²) >= 11 is 0. The molecule has 1 N–H and O–H groups in total. The van der Waals surface area contributed by atoms with Crippen LogP contribution in [0, 0.1) is 17.8 Å². The Morgan fingerprint density at radius 2 is 2.25 bits per heavy atom. The molecular weight excluding hydrogens is 196 g/mol. The molecule has 16 heavy (non-hydrogen) atoms. The summed E-state index contributed by atoms with van der Waals surface area (Å²) in [6, 6.07) is 0. The fourth-order valence-electron chi connectivity index (χ4n) is 3.52. The molecule has 0 aromatic rings. The van der Waals surface area contributed by atoms with Crippen molar-refractivity contribution >= 4 is 0 Å². The fourth-order valence-corrected chi connectivity index (χ4v) is 3.52. The molecule has 90 valence electrons. The maximum absolute atomic E-state index is 10.8. The van der Waals surface area contributed by atoms with Gasteiger partial charge in [-0.1, -0.05) is 25.2 Å². The zero-order valence-corrected chi connectivity index (χ0v) is 10.8. The van der Waals surface area contributed by atoms with Crippen molar-refractivity contribution in [2.24, 2.45) is 17.8 Å². The summed E-state index contributed by atoms with van der Waals surface area (Å²) < 4.78 is 0. The smallest absolute Gasteiger partial charge is 0.0884 e. The molecule has 0 aliphatic heterocycles. The van der Waals surface area contributed by atoms with Gasteiger partial charge in [-0.15, -0.1) is 0 Å². The zero-order valence-electron chi connectivity index (χ0n) is 10.8. The van der Waals surface area contributed by atoms with Gasteiger partial charge >= 0.3 is 0 Å². The summed E-state index contributed by atoms with van der Waals surface area (Å²) in [5.41, 5.74) is 1.96. The molecule has 0 radical (unpaired) electrons. The molecule has 0 saturated heterocycles. The van der Waals surface area contributed by atoms with Gasteiger partial charge in [-0.05, 0) is 62.9 Å². The summed E-state index contributed by atoms with van der Waals surface area (Å²) in [5, 5.41) is 10.8. The van der Waals surface area contributed by atoms with Crippen LogP contribution < -0.4 is 0 Å². The molecule has 0 heterocycles. The molecule has 0 aromatic carbocycles. The summed E-state index contributed by atoms with van der Waals surface area (Å²) in [7, 11) is 0. The minimum Gasteiger partial charge on any atom is -0.385 e. The van der Waals surface area contributed by atoms with Gasteiger partial charge in [-0.3, -0.25) is 0 Å². The normalized spacial score (nSPS) is 43.5. The Bertz CT molecular complexity index is 328. The van der Waals surface area contributed by atoms with Crippen molar-refractivity contribution in [2.45, 2.75) is 52.1 Å². The molecule has 2 aliphatic rings. The highest BCUT2D eigenvalue weighted by Gasteiger charge is 2.48. The summed E-state index contributed by atoms with van der Waals surface area (Å²) in [4.78, 5) is 0. The number of hydrogen-bond acceptors (Lipinski definition) is 1. The predicted octanol–water partition coefficient (Wildman–Crippen LogP) is 3.70. The molecule has 0 spiro atoms. The van der Waals surface area contributed by atoms with Crippen LogP contribution in [-0.2, 0) is 0 Å². The summed E-state index contributed by atoms with van der Waals surface area (Å²) in [5.74, 6) is 1.65. The van der Waals surface area contributed by atoms with Gasteiger partial charge in [0.1, 0.15) is 0 Å². The standard InChI is InChI=1S/C15H24O/c1-10(2)13-6-5-12(4)15(16)8-7-11(3)14(15)9-13/h5,11,13-14,16H,1,6-9H2,2-4H3/t11-,13-,14?,15-/m0/s1. The van der Waals surface area contributed by atoms with E-state index >= 15 is 0 Å². The molecule has 1 fully saturated rings. The molecular formula is C15H24O. The van der Waals surface area contributed by atoms with Crippen LogP contribution in [0.5, 0.6) is 0 Å². The Hall–Kier alpha value is -0.560. The van der Waals surface area contributed by atoms with E-state index in [1.807, 2.05) is 0 Å². The van der Waals surface area contributed by atoms with Crippen molar-refractivity contribution < 1.29 is 5.11 Å². The molecule has 0 bridgehead atoms. The number of hydrogen-bond donors (Lipinski definition) is 1. The monoisotopic (exact) mass is 220 g/mol. The Labute approximate surface area is 99.3 Å². The van der Waals surface area contributed by atoms with E-state index < -0.39 is 5.60 Å². The van der Waals surface area contributed by atoms with E-state index in [4.69, 9.17) is 0 Å². The number of allylic oxidation sites excluding steroid dienone is 2. The average molecular weight is 220 g/mol. The molecule has 1 unspecified atom stereocenters. The van der Waals surface area contributed by atoms with Gasteiger partial charge in [-0.25, -0.2) is 0 Å². The first kappa shape index (κ1) is 11.9. The third kappa shape index (κ3) is 1.75. The minimum atomic E-state index is -0.510. The van der Waals surface area contributed by atoms with Gasteiger partial charge in [0.05, 0.1) is 5.60 Å². The van der Waals surface area contributed by atoms with Gasteiger partial charge < -0.3 is 5.11 Å². The quantitative estimate of drug-likeness (QED) is 0.668. The van der Waals surface area contributed by atoms with Crippen LogP contribution in [0.15, 0.2) is 23.8 Å². The number of aliphatic hydroxyl groups is 1. The van der Waals surface area contributed by atoms with Crippen molar-refractivity contribution in [1.29, 1.82) is 0 Å². The first-order valence-corrected chi connectivity index (χ1v) is 6.50. The lowest BCUT2D eigenvalue weighted by molar-refractivity contribution is 0.0240. The Morgan fingerprint density at radius 1 is 1.56 bits per heavy atom. The van der Waals surface area contributed by atoms with Crippen molar-refractivity contribution in [3.05, 3.63) is 23.8 Å². The van der Waals surface area contributed by atoms with Gasteiger partial charge in [0, 0.05) is 0 Å². The van der Waals surface area contributed by atoms with Gasteiger partial charge in [-0.2, -0.15) is 0 Å². The second-order valence-corrected chi connectivity index (χ2v) is 5.95. The highest BCUT2D eigenvalue weighted by atomic mass is 16.3. The lowest BCUT2D eigenvalue weighted by atomic mass is 9.77. The van der Waals surface area contributed by atoms with Crippen LogP contribution in [0.1, 0.15) is 46.5 Å². The van der Waals surface area contributed by atoms with Crippen molar-refractivity contribution in [1.82, 2.24) is 0 Å². The lowest BCUT2D eigenvalue weighted by Gasteiger charge is -2.33. The second kappa shape index (κ2) is 4.03. The topological polar surface area (TPSA) is 20.2 Å². The molecule has 2 rings (SSSR count). The SMILES string of the molecule is C=C(C)[C@H]1CC=C(C)[C@@]2(O)CC[C@H](C)C2C1. The Balaban J connectivity index is 2.31. The van der Waals surface area contributed by atoms with Crippen molar-refractivity contribution in [3.63, 3.8) is 0 Å². The third-order valence-electron chi connectivity index (χ3n) is 4.91. The molecule has 1 nitrogen and oxygen atoms in total. The maximum atomic E-state index is 10.8. The highest BCUT2D eigenvalue weighted by molar-refractivity contribution is 5.23. The second-order valence-electron chi connectivity index (χ2n) is 5.95. The molecule has 2 aliphatic carbocycles. The van der Waals surface area contributed by atoms with Crippen LogP contribution in [0.3, 0.4) is 0 Å². The predicted molar refractivity (Wildman–Crippen MR) is 68.1 cm³/mol. The summed E-state index contributed by atoms with van der Waals surface area (Å²) in [6.07, 6.45) is 6.53. The third-order valence-corrected chi connectivity index (χ3v) is 4.91. The minimum absolute atomic E-state index is 0.438. The van der Waals surface area contributed by atoms with Crippen LogP contribution in [0.2, 0.25) is 0 Å². The molecule has 0 aromatic heterocycles. The van der Waals surface area contributed by atoms with Gasteiger partial charge in [0.2, 0.25) is 0 Å². The van der Waals surface area contributed by atoms with Crippen LogP contribution in [0.25, 0.3) is 0 Å². The van der Waals surface area contributed by atoms with E-state index in [1.54, 1.807) is 0 Å². The zero-order chi connectivity index (χ0) is 11.9. The largest absolute Gasteiger partial charge is 0.385 e. The maximum Gasteiger partial charge on any atom is 0.0884 e. The van der Waals surface area contributed by atoms with E-state index in [2.05, 4.69) is 33.4 Å². The average Bonchev–Trinajstić information content (AvgIpc) is 2.43. The van der Waals surface area contributed by atoms with Crippen LogP contribution in [-0.4, -0.2) is 10.7 Å². The van der Waals surface area contributed by atoms with E-state index in [9.17, 15) is 5.11 Å². The van der Waals surface area contributed by atoms with Gasteiger partial charge in [0.25, 0.3) is 0 Å². The van der Waals surface area contributed by atoms with Crippen LogP contribution in [0.4, 0.5) is 0 Å². The molecule has 1 saturated carbocycles. The molecule has 4 atom stereocenters. The fraction of sp³-hybridized carbons (Fsp3) is 0.733. The molecule has 1 heteroatoms. The van der Waals surface area contributed by atoms with E-state index in [-0.39, 0.29) is 0 Å². The van der Waals surface area contributed by atoms with Gasteiger partial charge in [0.15, 0.2) is 0 Å². The molecule has 0 amide bonds. The van der Waals surface area contributed by atoms with E-state index in [0.29, 0.717) is 17.8 Å². The van der Waals surface area contributed by atoms with E-state index in [0.717, 1.165) is 25.7 Å². The van der Waals surface area contributed by atoms with Crippen LogP contribution >= 0.6 is 0 Å². The Morgan fingerprint density at radius 3 is 2.88 bits per heavy atom. The summed E-state index contributed by atoms with van der Waals surface area (Å²) in [6.45, 7) is 10.6. The number of fused-ring (bicyclic) bond motifs is 1. The number of rotatable bonds is 1. The highest BCUT2D eigenvalue weighted by Crippen LogP contribution is 2.50. The van der Waals surface area contributed by atoms with E-state index in [1.165, 1.54) is 11.1 Å². The first-order chi connectivity index (χ1) is 7.45. The first-order valence-electron chi connectivity index (χ1n) is 6.50. The Kier molecular flexibility index (Phi) is 3.00. The van der Waals surface area contributed by atoms with Crippen molar-refractivity contribution in [3.8, 4) is 0 Å².